The molecule has 1 radical (unpaired) electrons. The van der Waals surface area contributed by atoms with Crippen LogP contribution in [0.3, 0.4) is 0 Å². The van der Waals surface area contributed by atoms with Gasteiger partial charge in [-0.3, -0.25) is 9.78 Å². The van der Waals surface area contributed by atoms with Crippen molar-refractivity contribution in [2.45, 2.75) is 68.5 Å². The van der Waals surface area contributed by atoms with Crippen LogP contribution in [0, 0.1) is 0 Å². The van der Waals surface area contributed by atoms with Gasteiger partial charge in [0, 0.05) is 51.1 Å². The summed E-state index contributed by atoms with van der Waals surface area (Å²) in [6.07, 6.45) is 3.70. The Labute approximate surface area is 198 Å². The van der Waals surface area contributed by atoms with Gasteiger partial charge in [-0.2, -0.15) is 0 Å². The van der Waals surface area contributed by atoms with Gasteiger partial charge < -0.3 is 10.1 Å². The van der Waals surface area contributed by atoms with Crippen molar-refractivity contribution in [1.82, 2.24) is 10.3 Å². The molecule has 1 amide bonds. The van der Waals surface area contributed by atoms with Gasteiger partial charge in [0.1, 0.15) is 6.61 Å². The molecular weight excluding hydrogens is 425 g/mol. The molecule has 0 fully saturated rings. The van der Waals surface area contributed by atoms with Gasteiger partial charge in [-0.1, -0.05) is 72.5 Å². The molecule has 2 aromatic rings. The van der Waals surface area contributed by atoms with Crippen molar-refractivity contribution in [3.63, 3.8) is 0 Å². The molecule has 0 aliphatic carbocycles. The Balaban J connectivity index is -0.000000195. The minimum atomic E-state index is -0.0686. The first-order valence-electron chi connectivity index (χ1n) is 8.30. The molecule has 157 valence electrons. The zero-order chi connectivity index (χ0) is 17.8. The third kappa shape index (κ3) is 17.0. The van der Waals surface area contributed by atoms with Crippen molar-refractivity contribution < 1.29 is 42.2 Å². The topological polar surface area (TPSA) is 51.2 Å². The van der Waals surface area contributed by atoms with Crippen LogP contribution >= 0.6 is 0 Å². The molecule has 28 heavy (non-hydrogen) atoms. The first kappa shape index (κ1) is 34.4. The smallest absolute Gasteiger partial charge is 0.246 e. The quantitative estimate of drug-likeness (QED) is 0.583. The maximum atomic E-state index is 11.2. The van der Waals surface area contributed by atoms with Crippen LogP contribution in [0.15, 0.2) is 54.9 Å². The van der Waals surface area contributed by atoms with E-state index in [-0.39, 0.29) is 73.5 Å². The molecule has 1 aromatic carbocycles. The second kappa shape index (κ2) is 20.6. The number of ether oxygens (including phenoxy) is 1. The first-order chi connectivity index (χ1) is 11.5. The maximum Gasteiger partial charge on any atom is 0.246 e. The average Bonchev–Trinajstić information content (AvgIpc) is 2.56. The number of carbonyl (C=O) groups is 1. The van der Waals surface area contributed by atoms with E-state index < -0.39 is 0 Å². The van der Waals surface area contributed by atoms with E-state index in [1.807, 2.05) is 56.4 Å². The average molecular weight is 465 g/mol. The van der Waals surface area contributed by atoms with Crippen LogP contribution in [0.25, 0.3) is 0 Å². The van der Waals surface area contributed by atoms with E-state index >= 15 is 0 Å². The molecule has 0 bridgehead atoms. The third-order valence-electron chi connectivity index (χ3n) is 3.15. The summed E-state index contributed by atoms with van der Waals surface area (Å²) >= 11 is 0. The largest absolute Gasteiger partial charge is 0.367 e. The Morgan fingerprint density at radius 3 is 2.04 bits per heavy atom. The summed E-state index contributed by atoms with van der Waals surface area (Å²) in [4.78, 5) is 15.2. The number of amides is 1. The standard InChI is InChI=1S/C12H17NO2.C8H11N.3CH4.Y/c1-10(2)13-12(14)9-15-8-11-6-4-3-5-7-11;1-7(2)8-4-3-5-9-6-8;;;;/h3-7,10H,8-9H2,1-2H3,(H,13,14);3-7H,1-2H3;3*1H4;. The van der Waals surface area contributed by atoms with E-state index in [0.29, 0.717) is 12.5 Å². The van der Waals surface area contributed by atoms with Crippen molar-refractivity contribution >= 4 is 5.91 Å². The van der Waals surface area contributed by atoms with Crippen LogP contribution in [-0.2, 0) is 48.8 Å². The molecule has 0 aliphatic heterocycles. The number of benzene rings is 1. The molecule has 5 heteroatoms. The molecule has 4 nitrogen and oxygen atoms in total. The second-order valence-electron chi connectivity index (χ2n) is 6.14. The summed E-state index contributed by atoms with van der Waals surface area (Å²) in [5.41, 5.74) is 2.38. The summed E-state index contributed by atoms with van der Waals surface area (Å²) < 4.78 is 5.27. The molecule has 0 atom stereocenters. The van der Waals surface area contributed by atoms with E-state index in [4.69, 9.17) is 4.74 Å². The molecule has 0 saturated carbocycles. The van der Waals surface area contributed by atoms with Crippen LogP contribution in [0.4, 0.5) is 0 Å². The normalized spacial score (nSPS) is 8.79. The number of rotatable bonds is 6. The minimum Gasteiger partial charge on any atom is -0.367 e. The van der Waals surface area contributed by atoms with Crippen molar-refractivity contribution in [1.29, 1.82) is 0 Å². The van der Waals surface area contributed by atoms with E-state index in [1.54, 1.807) is 6.20 Å². The van der Waals surface area contributed by atoms with Crippen LogP contribution in [0.2, 0.25) is 0 Å². The number of hydrogen-bond donors (Lipinski definition) is 1. The van der Waals surface area contributed by atoms with Crippen LogP contribution in [0.5, 0.6) is 0 Å². The fourth-order valence-corrected chi connectivity index (χ4v) is 1.92. The monoisotopic (exact) mass is 465 g/mol. The first-order valence-corrected chi connectivity index (χ1v) is 8.30. The Hall–Kier alpha value is -1.10. The molecule has 1 heterocycles. The van der Waals surface area contributed by atoms with Crippen molar-refractivity contribution in [3.05, 3.63) is 66.0 Å². The molecule has 1 aromatic heterocycles. The Morgan fingerprint density at radius 1 is 1.00 bits per heavy atom. The van der Waals surface area contributed by atoms with Gasteiger partial charge in [-0.05, 0) is 37.0 Å². The van der Waals surface area contributed by atoms with Crippen molar-refractivity contribution in [2.75, 3.05) is 6.61 Å². The van der Waals surface area contributed by atoms with E-state index in [9.17, 15) is 4.79 Å². The third-order valence-corrected chi connectivity index (χ3v) is 3.15. The van der Waals surface area contributed by atoms with Gasteiger partial charge in [0.15, 0.2) is 0 Å². The Kier molecular flexibility index (Phi) is 25.4. The van der Waals surface area contributed by atoms with E-state index in [0.717, 1.165) is 5.56 Å². The fraction of sp³-hybridized carbons (Fsp3) is 0.478. The number of nitrogens with one attached hydrogen (secondary N) is 1. The van der Waals surface area contributed by atoms with Gasteiger partial charge >= 0.3 is 0 Å². The number of nitrogens with zero attached hydrogens (tertiary/aromatic N) is 1. The van der Waals surface area contributed by atoms with Crippen molar-refractivity contribution in [3.8, 4) is 0 Å². The fourth-order valence-electron chi connectivity index (χ4n) is 1.92. The zero-order valence-corrected chi connectivity index (χ0v) is 18.4. The second-order valence-corrected chi connectivity index (χ2v) is 6.14. The van der Waals surface area contributed by atoms with Crippen LogP contribution in [0.1, 0.15) is 67.0 Å². The van der Waals surface area contributed by atoms with E-state index in [2.05, 4.69) is 30.2 Å². The van der Waals surface area contributed by atoms with Gasteiger partial charge in [0.05, 0.1) is 6.61 Å². The summed E-state index contributed by atoms with van der Waals surface area (Å²) in [6.45, 7) is 8.78. The summed E-state index contributed by atoms with van der Waals surface area (Å²) in [7, 11) is 0. The van der Waals surface area contributed by atoms with Gasteiger partial charge in [0.25, 0.3) is 0 Å². The summed E-state index contributed by atoms with van der Waals surface area (Å²) in [5.74, 6) is 0.527. The van der Waals surface area contributed by atoms with Gasteiger partial charge in [-0.25, -0.2) is 0 Å². The van der Waals surface area contributed by atoms with Gasteiger partial charge in [0.2, 0.25) is 5.91 Å². The molecule has 0 saturated heterocycles. The molecule has 1 N–H and O–H groups in total. The molecule has 2 rings (SSSR count). The Bertz CT molecular complexity index is 576. The van der Waals surface area contributed by atoms with Crippen LogP contribution in [-0.4, -0.2) is 23.5 Å². The predicted molar refractivity (Wildman–Crippen MR) is 118 cm³/mol. The summed E-state index contributed by atoms with van der Waals surface area (Å²) in [6, 6.07) is 14.0. The molecule has 0 spiro atoms. The number of carbonyl (C=O) groups excluding carboxylic acids is 1. The van der Waals surface area contributed by atoms with Crippen LogP contribution < -0.4 is 5.32 Å². The zero-order valence-electron chi connectivity index (χ0n) is 15.6. The van der Waals surface area contributed by atoms with Gasteiger partial charge in [-0.15, -0.1) is 0 Å². The molecule has 0 unspecified atom stereocenters. The summed E-state index contributed by atoms with van der Waals surface area (Å²) in [5, 5.41) is 2.77. The number of pyridine rings is 1. The SMILES string of the molecule is C.C.C.CC(C)NC(=O)COCc1ccccc1.CC(C)c1cccnc1.[Y]. The molecular formula is C23H40N2O2Y. The van der Waals surface area contributed by atoms with E-state index in [1.165, 1.54) is 5.56 Å². The number of hydrogen-bond acceptors (Lipinski definition) is 3. The van der Waals surface area contributed by atoms with Crippen molar-refractivity contribution in [2.24, 2.45) is 0 Å². The maximum absolute atomic E-state index is 11.2. The minimum absolute atomic E-state index is 0. The number of aromatic nitrogens is 1. The Morgan fingerprint density at radius 2 is 1.61 bits per heavy atom. The molecule has 0 aliphatic rings. The predicted octanol–water partition coefficient (Wildman–Crippen LogP) is 5.84.